The van der Waals surface area contributed by atoms with Crippen molar-refractivity contribution in [1.29, 1.82) is 0 Å². The lowest BCUT2D eigenvalue weighted by Gasteiger charge is -2.10. The Labute approximate surface area is 491 Å². The van der Waals surface area contributed by atoms with Crippen molar-refractivity contribution in [2.45, 2.75) is 216 Å². The van der Waals surface area contributed by atoms with E-state index in [1.807, 2.05) is 78.4 Å². The maximum Gasteiger partial charge on any atom is 0.343 e. The lowest BCUT2D eigenvalue weighted by molar-refractivity contribution is 0.0724. The molecule has 0 bridgehead atoms. The van der Waals surface area contributed by atoms with Gasteiger partial charge in [-0.2, -0.15) is 0 Å². The van der Waals surface area contributed by atoms with Gasteiger partial charge in [0.15, 0.2) is 0 Å². The summed E-state index contributed by atoms with van der Waals surface area (Å²) >= 11 is 3.85. The minimum absolute atomic E-state index is 0.348. The number of aliphatic imine (C=N–C) groups is 2. The average molecular weight is 1120 g/mol. The Morgan fingerprint density at radius 1 is 0.388 bits per heavy atom. The van der Waals surface area contributed by atoms with E-state index in [0.717, 1.165) is 39.4 Å². The molecule has 0 atom stereocenters. The third-order valence-electron chi connectivity index (χ3n) is 15.0. The second-order valence-corrected chi connectivity index (χ2v) is 24.1. The zero-order chi connectivity index (χ0) is 55.9. The van der Waals surface area contributed by atoms with Gasteiger partial charge in [-0.15, -0.1) is 23.5 Å². The summed E-state index contributed by atoms with van der Waals surface area (Å²) in [5, 5.41) is 1.50. The molecular formula is C72H94N2O4S2. The van der Waals surface area contributed by atoms with Crippen molar-refractivity contribution in [3.63, 3.8) is 0 Å². The first kappa shape index (κ1) is 63.7. The zero-order valence-electron chi connectivity index (χ0n) is 48.8. The molecule has 80 heavy (non-hydrogen) atoms. The van der Waals surface area contributed by atoms with Gasteiger partial charge in [-0.1, -0.05) is 236 Å². The monoisotopic (exact) mass is 1110 g/mol. The number of ether oxygens (including phenoxy) is 2. The fourth-order valence-electron chi connectivity index (χ4n) is 9.99. The van der Waals surface area contributed by atoms with Gasteiger partial charge in [0, 0.05) is 27.6 Å². The molecule has 0 aromatic heterocycles. The average Bonchev–Trinajstić information content (AvgIpc) is 3.52. The van der Waals surface area contributed by atoms with Gasteiger partial charge in [0.2, 0.25) is 0 Å². The Kier molecular flexibility index (Phi) is 31.8. The molecule has 6 aromatic carbocycles. The summed E-state index contributed by atoms with van der Waals surface area (Å²) in [4.78, 5) is 38.6. The molecule has 0 aliphatic carbocycles. The standard InChI is InChI=1S/C72H94N2O4S2/c1-3-5-7-9-11-13-15-17-19-21-23-25-27-29-31-54-79-67-50-45-64(46-51-67)73-57-59-36-40-62(41-37-59)71(75)77-66-49-44-61-34-33-35-70(69(61)56-66)78-72(76)63-42-38-60(39-43-63)58-74-65-47-52-68(53-48-65)80-55-32-30-28-26-24-22-20-18-16-14-12-10-8-6-4-2/h33-53,56-58H,3-32,54-55H2,1-2H3. The van der Waals surface area contributed by atoms with Crippen LogP contribution in [-0.4, -0.2) is 35.9 Å². The Balaban J connectivity index is 0.842. The number of nitrogens with zero attached hydrogens (tertiary/aromatic N) is 2. The highest BCUT2D eigenvalue weighted by Crippen LogP contribution is 2.31. The Morgan fingerprint density at radius 3 is 1.14 bits per heavy atom. The summed E-state index contributed by atoms with van der Waals surface area (Å²) in [7, 11) is 0. The summed E-state index contributed by atoms with van der Waals surface area (Å²) in [6.07, 6.45) is 45.3. The van der Waals surface area contributed by atoms with Gasteiger partial charge < -0.3 is 9.47 Å². The van der Waals surface area contributed by atoms with E-state index in [-0.39, 0.29) is 0 Å². The van der Waals surface area contributed by atoms with Crippen LogP contribution < -0.4 is 9.47 Å². The van der Waals surface area contributed by atoms with Crippen LogP contribution in [0.5, 0.6) is 11.5 Å². The minimum Gasteiger partial charge on any atom is -0.423 e. The molecule has 6 aromatic rings. The molecule has 0 saturated heterocycles. The largest absolute Gasteiger partial charge is 0.423 e. The second-order valence-electron chi connectivity index (χ2n) is 21.8. The molecule has 0 fully saturated rings. The van der Waals surface area contributed by atoms with Crippen molar-refractivity contribution in [2.24, 2.45) is 9.98 Å². The second kappa shape index (κ2) is 39.9. The molecule has 8 heteroatoms. The van der Waals surface area contributed by atoms with Crippen LogP contribution in [0.4, 0.5) is 11.4 Å². The molecule has 0 aliphatic rings. The predicted octanol–water partition coefficient (Wildman–Crippen LogP) is 22.7. The number of hydrogen-bond acceptors (Lipinski definition) is 8. The topological polar surface area (TPSA) is 77.3 Å². The number of esters is 2. The minimum atomic E-state index is -0.486. The van der Waals surface area contributed by atoms with Crippen molar-refractivity contribution in [3.8, 4) is 11.5 Å². The third-order valence-corrected chi connectivity index (χ3v) is 17.1. The van der Waals surface area contributed by atoms with Gasteiger partial charge >= 0.3 is 11.9 Å². The molecule has 6 rings (SSSR count). The van der Waals surface area contributed by atoms with Gasteiger partial charge in [-0.25, -0.2) is 9.59 Å². The number of hydrogen-bond donors (Lipinski definition) is 0. The lowest BCUT2D eigenvalue weighted by atomic mass is 10.0. The molecule has 0 radical (unpaired) electrons. The molecule has 0 unspecified atom stereocenters. The molecule has 428 valence electrons. The summed E-state index contributed by atoms with van der Waals surface area (Å²) in [6.45, 7) is 4.58. The Morgan fingerprint density at radius 2 is 0.750 bits per heavy atom. The van der Waals surface area contributed by atoms with Crippen molar-refractivity contribution in [1.82, 2.24) is 0 Å². The fourth-order valence-corrected chi connectivity index (χ4v) is 11.8. The van der Waals surface area contributed by atoms with Crippen LogP contribution in [0.3, 0.4) is 0 Å². The molecule has 0 amide bonds. The van der Waals surface area contributed by atoms with Crippen molar-refractivity contribution in [2.75, 3.05) is 11.5 Å². The number of benzene rings is 6. The molecule has 0 N–H and O–H groups in total. The molecule has 0 saturated carbocycles. The van der Waals surface area contributed by atoms with Gasteiger partial charge in [-0.05, 0) is 132 Å². The number of unbranched alkanes of at least 4 members (excludes halogenated alkanes) is 28. The van der Waals surface area contributed by atoms with E-state index in [0.29, 0.717) is 28.0 Å². The Bertz CT molecular complexity index is 2680. The molecule has 6 nitrogen and oxygen atoms in total. The summed E-state index contributed by atoms with van der Waals surface area (Å²) in [5.74, 6) is 2.05. The molecule has 0 aliphatic heterocycles. The highest BCUT2D eigenvalue weighted by atomic mass is 32.2. The van der Waals surface area contributed by atoms with Crippen molar-refractivity contribution < 1.29 is 19.1 Å². The van der Waals surface area contributed by atoms with Crippen LogP contribution in [-0.2, 0) is 0 Å². The van der Waals surface area contributed by atoms with Gasteiger partial charge in [0.25, 0.3) is 0 Å². The maximum absolute atomic E-state index is 13.4. The van der Waals surface area contributed by atoms with Gasteiger partial charge in [-0.3, -0.25) is 9.98 Å². The zero-order valence-corrected chi connectivity index (χ0v) is 50.5. The normalized spacial score (nSPS) is 11.6. The fraction of sp³-hybridized carbons (Fsp3) is 0.472. The van der Waals surface area contributed by atoms with E-state index in [1.165, 1.54) is 202 Å². The number of thioether (sulfide) groups is 2. The van der Waals surface area contributed by atoms with Crippen LogP contribution in [0.15, 0.2) is 153 Å². The first-order valence-electron chi connectivity index (χ1n) is 31.2. The third kappa shape index (κ3) is 26.0. The van der Waals surface area contributed by atoms with Gasteiger partial charge in [0.1, 0.15) is 11.5 Å². The van der Waals surface area contributed by atoms with E-state index < -0.39 is 11.9 Å². The lowest BCUT2D eigenvalue weighted by Crippen LogP contribution is -2.09. The molecule has 0 spiro atoms. The number of carbonyl (C=O) groups excluding carboxylic acids is 2. The number of carbonyl (C=O) groups is 2. The first-order chi connectivity index (χ1) is 39.5. The number of fused-ring (bicyclic) bond motifs is 1. The summed E-state index contributed by atoms with van der Waals surface area (Å²) in [5.41, 5.74) is 4.36. The van der Waals surface area contributed by atoms with E-state index in [2.05, 4.69) is 72.4 Å². The smallest absolute Gasteiger partial charge is 0.343 e. The SMILES string of the molecule is CCCCCCCCCCCCCCCCCSc1ccc(N=Cc2ccc(C(=O)Oc3ccc4cccc(OC(=O)c5ccc(C=Nc6ccc(SCCCCCCCCCCCCCCCCC)cc6)cc5)c4c3)cc2)cc1. The van der Waals surface area contributed by atoms with Crippen LogP contribution in [0.2, 0.25) is 0 Å². The first-order valence-corrected chi connectivity index (χ1v) is 33.2. The van der Waals surface area contributed by atoms with Crippen LogP contribution in [0, 0.1) is 0 Å². The van der Waals surface area contributed by atoms with Crippen LogP contribution in [0.1, 0.15) is 238 Å². The van der Waals surface area contributed by atoms with Crippen LogP contribution in [0.25, 0.3) is 10.8 Å². The van der Waals surface area contributed by atoms with Crippen LogP contribution >= 0.6 is 23.5 Å². The highest BCUT2D eigenvalue weighted by molar-refractivity contribution is 7.99. The van der Waals surface area contributed by atoms with Crippen molar-refractivity contribution in [3.05, 3.63) is 156 Å². The van der Waals surface area contributed by atoms with E-state index >= 15 is 0 Å². The number of rotatable bonds is 42. The van der Waals surface area contributed by atoms with Gasteiger partial charge in [0.05, 0.1) is 22.5 Å². The predicted molar refractivity (Wildman–Crippen MR) is 345 cm³/mol. The highest BCUT2D eigenvalue weighted by Gasteiger charge is 2.14. The van der Waals surface area contributed by atoms with Crippen molar-refractivity contribution >= 4 is 70.0 Å². The Hall–Kier alpha value is -5.44. The summed E-state index contributed by atoms with van der Waals surface area (Å²) < 4.78 is 11.7. The summed E-state index contributed by atoms with van der Waals surface area (Å²) in [6, 6.07) is 42.1. The molecular weight excluding hydrogens is 1020 g/mol. The maximum atomic E-state index is 13.4. The van der Waals surface area contributed by atoms with E-state index in [1.54, 1.807) is 42.5 Å². The van der Waals surface area contributed by atoms with E-state index in [4.69, 9.17) is 9.47 Å². The quantitative estimate of drug-likeness (QED) is 0.0125. The van der Waals surface area contributed by atoms with E-state index in [9.17, 15) is 9.59 Å². The molecule has 0 heterocycles.